The topological polar surface area (TPSA) is 58.0 Å². The summed E-state index contributed by atoms with van der Waals surface area (Å²) in [5, 5.41) is 13.9. The predicted molar refractivity (Wildman–Crippen MR) is 72.6 cm³/mol. The molecule has 17 heavy (non-hydrogen) atoms. The Morgan fingerprint density at radius 2 is 2.06 bits per heavy atom. The standard InChI is InChI=1S/C12H21N3OS/c1-5-10-11(13-6-2)14-7-15-12(10)17-9(4)8(3)16/h7-9,16H,5-6H2,1-4H3,(H,13,14,15). The third-order valence-corrected chi connectivity index (χ3v) is 3.92. The minimum absolute atomic E-state index is 0.129. The Hall–Kier alpha value is -0.810. The summed E-state index contributed by atoms with van der Waals surface area (Å²) in [7, 11) is 0. The molecule has 0 saturated carbocycles. The minimum atomic E-state index is -0.345. The fraction of sp³-hybridized carbons (Fsp3) is 0.667. The number of nitrogens with one attached hydrogen (secondary N) is 1. The number of hydrogen-bond acceptors (Lipinski definition) is 5. The van der Waals surface area contributed by atoms with Crippen molar-refractivity contribution >= 4 is 17.6 Å². The van der Waals surface area contributed by atoms with Crippen LogP contribution in [0.15, 0.2) is 11.4 Å². The van der Waals surface area contributed by atoms with Gasteiger partial charge in [0.2, 0.25) is 0 Å². The van der Waals surface area contributed by atoms with Gasteiger partial charge in [-0.05, 0) is 20.3 Å². The molecule has 0 fully saturated rings. The molecule has 0 amide bonds. The van der Waals surface area contributed by atoms with Gasteiger partial charge in [-0.2, -0.15) is 0 Å². The molecular formula is C12H21N3OS. The molecule has 2 atom stereocenters. The maximum absolute atomic E-state index is 9.54. The number of hydrogen-bond donors (Lipinski definition) is 2. The highest BCUT2D eigenvalue weighted by Crippen LogP contribution is 2.29. The largest absolute Gasteiger partial charge is 0.392 e. The van der Waals surface area contributed by atoms with Gasteiger partial charge in [-0.25, -0.2) is 9.97 Å². The highest BCUT2D eigenvalue weighted by molar-refractivity contribution is 7.99. The number of rotatable bonds is 6. The van der Waals surface area contributed by atoms with Crippen LogP contribution in [0.5, 0.6) is 0 Å². The second-order valence-electron chi connectivity index (χ2n) is 3.95. The number of thioether (sulfide) groups is 1. The highest BCUT2D eigenvalue weighted by atomic mass is 32.2. The van der Waals surface area contributed by atoms with Gasteiger partial charge >= 0.3 is 0 Å². The van der Waals surface area contributed by atoms with E-state index in [0.29, 0.717) is 0 Å². The van der Waals surface area contributed by atoms with Crippen LogP contribution in [-0.4, -0.2) is 33.0 Å². The first kappa shape index (κ1) is 14.3. The minimum Gasteiger partial charge on any atom is -0.392 e. The fourth-order valence-electron chi connectivity index (χ4n) is 1.41. The highest BCUT2D eigenvalue weighted by Gasteiger charge is 2.16. The van der Waals surface area contributed by atoms with E-state index in [1.54, 1.807) is 25.0 Å². The van der Waals surface area contributed by atoms with Crippen LogP contribution < -0.4 is 5.32 Å². The van der Waals surface area contributed by atoms with Gasteiger partial charge in [-0.15, -0.1) is 11.8 Å². The number of aliphatic hydroxyl groups is 1. The van der Waals surface area contributed by atoms with E-state index in [1.165, 1.54) is 0 Å². The van der Waals surface area contributed by atoms with Crippen molar-refractivity contribution in [1.29, 1.82) is 0 Å². The number of nitrogens with zero attached hydrogens (tertiary/aromatic N) is 2. The summed E-state index contributed by atoms with van der Waals surface area (Å²) in [5.74, 6) is 0.908. The zero-order valence-electron chi connectivity index (χ0n) is 10.9. The Bertz CT molecular complexity index is 358. The van der Waals surface area contributed by atoms with Crippen molar-refractivity contribution in [3.63, 3.8) is 0 Å². The molecule has 1 heterocycles. The van der Waals surface area contributed by atoms with Crippen LogP contribution in [0.4, 0.5) is 5.82 Å². The Morgan fingerprint density at radius 3 is 2.59 bits per heavy atom. The van der Waals surface area contributed by atoms with Gasteiger partial charge in [-0.1, -0.05) is 13.8 Å². The molecule has 0 aromatic carbocycles. The first-order chi connectivity index (χ1) is 8.10. The van der Waals surface area contributed by atoms with E-state index in [1.807, 2.05) is 13.8 Å². The second-order valence-corrected chi connectivity index (χ2v) is 5.32. The average molecular weight is 255 g/mol. The van der Waals surface area contributed by atoms with Crippen molar-refractivity contribution in [2.24, 2.45) is 0 Å². The Morgan fingerprint density at radius 1 is 1.35 bits per heavy atom. The van der Waals surface area contributed by atoms with Gasteiger partial charge in [0.05, 0.1) is 6.10 Å². The number of aromatic nitrogens is 2. The summed E-state index contributed by atoms with van der Waals surface area (Å²) < 4.78 is 0. The van der Waals surface area contributed by atoms with E-state index in [0.717, 1.165) is 29.4 Å². The van der Waals surface area contributed by atoms with Gasteiger partial charge in [0.1, 0.15) is 17.2 Å². The van der Waals surface area contributed by atoms with E-state index in [9.17, 15) is 5.11 Å². The quantitative estimate of drug-likeness (QED) is 0.603. The molecule has 0 spiro atoms. The normalized spacial score (nSPS) is 14.4. The lowest BCUT2D eigenvalue weighted by Crippen LogP contribution is -2.16. The number of anilines is 1. The molecule has 0 aliphatic carbocycles. The predicted octanol–water partition coefficient (Wildman–Crippen LogP) is 2.33. The molecule has 1 aromatic rings. The van der Waals surface area contributed by atoms with Crippen LogP contribution in [0, 0.1) is 0 Å². The first-order valence-corrected chi connectivity index (χ1v) is 6.90. The summed E-state index contributed by atoms with van der Waals surface area (Å²) in [5.41, 5.74) is 1.13. The maximum atomic E-state index is 9.54. The van der Waals surface area contributed by atoms with Crippen molar-refractivity contribution in [2.75, 3.05) is 11.9 Å². The lowest BCUT2D eigenvalue weighted by atomic mass is 10.2. The number of aliphatic hydroxyl groups excluding tert-OH is 1. The van der Waals surface area contributed by atoms with Crippen LogP contribution in [0.3, 0.4) is 0 Å². The van der Waals surface area contributed by atoms with Crippen molar-refractivity contribution in [2.45, 2.75) is 50.5 Å². The summed E-state index contributed by atoms with van der Waals surface area (Å²) in [4.78, 5) is 8.57. The van der Waals surface area contributed by atoms with Gasteiger partial charge in [0.15, 0.2) is 0 Å². The second kappa shape index (κ2) is 6.81. The lowest BCUT2D eigenvalue weighted by molar-refractivity contribution is 0.196. The summed E-state index contributed by atoms with van der Waals surface area (Å²) in [6.45, 7) is 8.79. The van der Waals surface area contributed by atoms with Gasteiger partial charge in [0.25, 0.3) is 0 Å². The van der Waals surface area contributed by atoms with Crippen LogP contribution in [0.2, 0.25) is 0 Å². The average Bonchev–Trinajstić information content (AvgIpc) is 2.29. The Labute approximate surface area is 107 Å². The maximum Gasteiger partial charge on any atom is 0.133 e. The smallest absolute Gasteiger partial charge is 0.133 e. The van der Waals surface area contributed by atoms with Crippen molar-refractivity contribution in [3.8, 4) is 0 Å². The summed E-state index contributed by atoms with van der Waals surface area (Å²) in [6, 6.07) is 0. The zero-order valence-corrected chi connectivity index (χ0v) is 11.7. The van der Waals surface area contributed by atoms with Crippen LogP contribution >= 0.6 is 11.8 Å². The molecule has 0 radical (unpaired) electrons. The van der Waals surface area contributed by atoms with Crippen molar-refractivity contribution in [3.05, 3.63) is 11.9 Å². The van der Waals surface area contributed by atoms with Crippen molar-refractivity contribution < 1.29 is 5.11 Å². The molecule has 5 heteroatoms. The molecule has 0 aliphatic rings. The van der Waals surface area contributed by atoms with Crippen LogP contribution in [0.1, 0.15) is 33.3 Å². The summed E-state index contributed by atoms with van der Waals surface area (Å²) >= 11 is 1.60. The SMILES string of the molecule is CCNc1ncnc(SC(C)C(C)O)c1CC. The van der Waals surface area contributed by atoms with Gasteiger partial charge in [-0.3, -0.25) is 0 Å². The molecule has 2 N–H and O–H groups in total. The van der Waals surface area contributed by atoms with Crippen LogP contribution in [0.25, 0.3) is 0 Å². The van der Waals surface area contributed by atoms with E-state index in [-0.39, 0.29) is 11.4 Å². The van der Waals surface area contributed by atoms with Crippen molar-refractivity contribution in [1.82, 2.24) is 9.97 Å². The lowest BCUT2D eigenvalue weighted by Gasteiger charge is -2.17. The van der Waals surface area contributed by atoms with Gasteiger partial charge < -0.3 is 10.4 Å². The van der Waals surface area contributed by atoms with E-state index >= 15 is 0 Å². The first-order valence-electron chi connectivity index (χ1n) is 6.02. The fourth-order valence-corrected chi connectivity index (χ4v) is 2.45. The molecular weight excluding hydrogens is 234 g/mol. The molecule has 1 rings (SSSR count). The molecule has 96 valence electrons. The van der Waals surface area contributed by atoms with E-state index < -0.39 is 0 Å². The zero-order chi connectivity index (χ0) is 12.8. The Balaban J connectivity index is 2.94. The van der Waals surface area contributed by atoms with E-state index in [2.05, 4.69) is 22.2 Å². The molecule has 0 aliphatic heterocycles. The molecule has 2 unspecified atom stereocenters. The third kappa shape index (κ3) is 3.85. The monoisotopic (exact) mass is 255 g/mol. The molecule has 1 aromatic heterocycles. The van der Waals surface area contributed by atoms with Gasteiger partial charge in [0, 0.05) is 17.4 Å². The third-order valence-electron chi connectivity index (χ3n) is 2.58. The van der Waals surface area contributed by atoms with Crippen LogP contribution in [-0.2, 0) is 6.42 Å². The van der Waals surface area contributed by atoms with E-state index in [4.69, 9.17) is 0 Å². The Kier molecular flexibility index (Phi) is 5.71. The molecule has 4 nitrogen and oxygen atoms in total. The molecule has 0 bridgehead atoms. The molecule has 0 saturated heterocycles. The summed E-state index contributed by atoms with van der Waals surface area (Å²) in [6.07, 6.45) is 2.12.